The van der Waals surface area contributed by atoms with E-state index in [1.807, 2.05) is 30.3 Å². The number of hydrazine groups is 1. The van der Waals surface area contributed by atoms with Crippen molar-refractivity contribution in [3.8, 4) is 0 Å². The minimum absolute atomic E-state index is 0.0889. The molecule has 0 bridgehead atoms. The highest BCUT2D eigenvalue weighted by Crippen LogP contribution is 2.23. The van der Waals surface area contributed by atoms with E-state index in [-0.39, 0.29) is 22.2 Å². The molecule has 25 heavy (non-hydrogen) atoms. The third-order valence-corrected chi connectivity index (χ3v) is 7.02. The van der Waals surface area contributed by atoms with E-state index in [2.05, 4.69) is 20.9 Å². The molecule has 1 saturated heterocycles. The average Bonchev–Trinajstić information content (AvgIpc) is 3.30. The number of sulfonamides is 1. The van der Waals surface area contributed by atoms with Gasteiger partial charge in [0, 0.05) is 10.9 Å². The molecule has 1 aromatic carbocycles. The summed E-state index contributed by atoms with van der Waals surface area (Å²) in [6.45, 7) is 0.302. The molecule has 1 aliphatic rings. The summed E-state index contributed by atoms with van der Waals surface area (Å²) in [6, 6.07) is 13.0. The molecule has 2 unspecified atom stereocenters. The first-order valence-electron chi connectivity index (χ1n) is 7.85. The molecule has 1 fully saturated rings. The van der Waals surface area contributed by atoms with Gasteiger partial charge in [-0.3, -0.25) is 4.79 Å². The van der Waals surface area contributed by atoms with Crippen molar-refractivity contribution in [2.45, 2.75) is 29.3 Å². The molecule has 0 saturated carbocycles. The van der Waals surface area contributed by atoms with Crippen LogP contribution in [0.15, 0.2) is 46.7 Å². The number of carbonyl (C=O) groups excluding carboxylic acids is 1. The molecule has 0 radical (unpaired) electrons. The van der Waals surface area contributed by atoms with E-state index >= 15 is 0 Å². The molecule has 7 nitrogen and oxygen atoms in total. The number of amides is 1. The van der Waals surface area contributed by atoms with Crippen LogP contribution in [-0.2, 0) is 21.4 Å². The Labute approximate surface area is 150 Å². The number of rotatable bonds is 6. The summed E-state index contributed by atoms with van der Waals surface area (Å²) in [5.74, 6) is -0.114. The van der Waals surface area contributed by atoms with Crippen LogP contribution < -0.4 is 20.9 Å². The predicted octanol–water partition coefficient (Wildman–Crippen LogP) is 0.880. The number of thiophene rings is 1. The lowest BCUT2D eigenvalue weighted by Gasteiger charge is -2.10. The fourth-order valence-electron chi connectivity index (χ4n) is 2.63. The van der Waals surface area contributed by atoms with Crippen LogP contribution in [0.1, 0.15) is 22.9 Å². The Bertz CT molecular complexity index is 836. The van der Waals surface area contributed by atoms with E-state index in [9.17, 15) is 13.2 Å². The van der Waals surface area contributed by atoms with Gasteiger partial charge in [-0.05, 0) is 31.2 Å². The Morgan fingerprint density at radius 3 is 2.68 bits per heavy atom. The van der Waals surface area contributed by atoms with Gasteiger partial charge in [0.05, 0.1) is 6.54 Å². The Morgan fingerprint density at radius 1 is 1.20 bits per heavy atom. The van der Waals surface area contributed by atoms with Gasteiger partial charge >= 0.3 is 0 Å². The molecule has 2 aromatic rings. The predicted molar refractivity (Wildman–Crippen MR) is 96.3 cm³/mol. The Balaban J connectivity index is 1.54. The van der Waals surface area contributed by atoms with Crippen LogP contribution in [0.4, 0.5) is 0 Å². The summed E-state index contributed by atoms with van der Waals surface area (Å²) in [5.41, 5.74) is 7.28. The summed E-state index contributed by atoms with van der Waals surface area (Å²) in [4.78, 5) is 13.1. The fraction of sp³-hybridized carbons (Fsp3) is 0.312. The number of hydrogen-bond acceptors (Lipinski definition) is 6. The van der Waals surface area contributed by atoms with Crippen LogP contribution in [0.25, 0.3) is 0 Å². The molecule has 134 valence electrons. The van der Waals surface area contributed by atoms with E-state index < -0.39 is 10.0 Å². The minimum Gasteiger partial charge on any atom is -0.350 e. The van der Waals surface area contributed by atoms with Gasteiger partial charge in [0.15, 0.2) is 0 Å². The van der Waals surface area contributed by atoms with Crippen molar-refractivity contribution in [1.82, 2.24) is 20.9 Å². The largest absolute Gasteiger partial charge is 0.350 e. The van der Waals surface area contributed by atoms with Crippen molar-refractivity contribution >= 4 is 27.3 Å². The highest BCUT2D eigenvalue weighted by molar-refractivity contribution is 7.91. The van der Waals surface area contributed by atoms with Gasteiger partial charge in [0.2, 0.25) is 15.9 Å². The molecule has 9 heteroatoms. The zero-order chi connectivity index (χ0) is 17.9. The van der Waals surface area contributed by atoms with Crippen LogP contribution in [-0.4, -0.2) is 27.4 Å². The summed E-state index contributed by atoms with van der Waals surface area (Å²) in [5, 5.41) is 2.85. The van der Waals surface area contributed by atoms with Gasteiger partial charge < -0.3 is 5.32 Å². The number of carbonyl (C=O) groups is 1. The Hall–Kier alpha value is -1.78. The van der Waals surface area contributed by atoms with Crippen LogP contribution >= 0.6 is 11.3 Å². The normalized spacial score (nSPS) is 20.5. The molecular weight excluding hydrogens is 360 g/mol. The lowest BCUT2D eigenvalue weighted by atomic mass is 10.0. The molecule has 3 rings (SSSR count). The lowest BCUT2D eigenvalue weighted by molar-refractivity contribution is -0.123. The SMILES string of the molecule is CNS(=O)(=O)c1ccc(CNC(=O)C2CC(c3ccccc3)NN2)s1. The lowest BCUT2D eigenvalue weighted by Crippen LogP contribution is -2.42. The molecule has 1 aliphatic heterocycles. The number of nitrogens with one attached hydrogen (secondary N) is 4. The maximum absolute atomic E-state index is 12.3. The first-order chi connectivity index (χ1) is 12.0. The first-order valence-corrected chi connectivity index (χ1v) is 10.2. The van der Waals surface area contributed by atoms with E-state index in [1.54, 1.807) is 12.1 Å². The topological polar surface area (TPSA) is 99.3 Å². The van der Waals surface area contributed by atoms with Crippen LogP contribution in [0.2, 0.25) is 0 Å². The second-order valence-electron chi connectivity index (χ2n) is 5.69. The monoisotopic (exact) mass is 380 g/mol. The summed E-state index contributed by atoms with van der Waals surface area (Å²) >= 11 is 1.15. The van der Waals surface area contributed by atoms with Crippen LogP contribution in [0, 0.1) is 0 Å². The van der Waals surface area contributed by atoms with Crippen LogP contribution in [0.3, 0.4) is 0 Å². The Morgan fingerprint density at radius 2 is 1.96 bits per heavy atom. The minimum atomic E-state index is -3.44. The smallest absolute Gasteiger partial charge is 0.249 e. The molecule has 2 heterocycles. The molecule has 1 aromatic heterocycles. The zero-order valence-electron chi connectivity index (χ0n) is 13.7. The second-order valence-corrected chi connectivity index (χ2v) is 8.97. The van der Waals surface area contributed by atoms with Crippen LogP contribution in [0.5, 0.6) is 0 Å². The second kappa shape index (κ2) is 7.63. The van der Waals surface area contributed by atoms with Crippen molar-refractivity contribution in [2.24, 2.45) is 0 Å². The number of benzene rings is 1. The highest BCUT2D eigenvalue weighted by atomic mass is 32.2. The molecule has 4 N–H and O–H groups in total. The van der Waals surface area contributed by atoms with Crippen molar-refractivity contribution < 1.29 is 13.2 Å². The van der Waals surface area contributed by atoms with E-state index in [0.717, 1.165) is 21.8 Å². The van der Waals surface area contributed by atoms with Gasteiger partial charge in [0.1, 0.15) is 10.3 Å². The quantitative estimate of drug-likeness (QED) is 0.596. The zero-order valence-corrected chi connectivity index (χ0v) is 15.3. The molecular formula is C16H20N4O3S2. The Kier molecular flexibility index (Phi) is 5.50. The third-order valence-electron chi connectivity index (χ3n) is 4.03. The van der Waals surface area contributed by atoms with E-state index in [1.165, 1.54) is 7.05 Å². The van der Waals surface area contributed by atoms with E-state index in [4.69, 9.17) is 0 Å². The summed E-state index contributed by atoms with van der Waals surface area (Å²) < 4.78 is 26.0. The molecule has 0 spiro atoms. The summed E-state index contributed by atoms with van der Waals surface area (Å²) in [7, 11) is -2.06. The van der Waals surface area contributed by atoms with Gasteiger partial charge in [-0.25, -0.2) is 24.0 Å². The van der Waals surface area contributed by atoms with Gasteiger partial charge in [-0.15, -0.1) is 11.3 Å². The number of hydrogen-bond donors (Lipinski definition) is 4. The van der Waals surface area contributed by atoms with Gasteiger partial charge in [-0.1, -0.05) is 30.3 Å². The van der Waals surface area contributed by atoms with Crippen molar-refractivity contribution in [3.05, 3.63) is 52.9 Å². The van der Waals surface area contributed by atoms with E-state index in [0.29, 0.717) is 13.0 Å². The van der Waals surface area contributed by atoms with Crippen molar-refractivity contribution in [2.75, 3.05) is 7.05 Å². The van der Waals surface area contributed by atoms with Gasteiger partial charge in [-0.2, -0.15) is 0 Å². The molecule has 2 atom stereocenters. The average molecular weight is 380 g/mol. The maximum atomic E-state index is 12.3. The third kappa shape index (κ3) is 4.25. The molecule has 1 amide bonds. The standard InChI is InChI=1S/C16H20N4O3S2/c1-17-25(22,23)15-8-7-12(24-15)10-18-16(21)14-9-13(19-20-14)11-5-3-2-4-6-11/h2-8,13-14,17,19-20H,9-10H2,1H3,(H,18,21). The van der Waals surface area contributed by atoms with Gasteiger partial charge in [0.25, 0.3) is 0 Å². The fourth-order valence-corrected chi connectivity index (χ4v) is 4.76. The van der Waals surface area contributed by atoms with Crippen molar-refractivity contribution in [3.63, 3.8) is 0 Å². The summed E-state index contributed by atoms with van der Waals surface area (Å²) in [6.07, 6.45) is 0.652. The maximum Gasteiger partial charge on any atom is 0.249 e. The molecule has 0 aliphatic carbocycles. The van der Waals surface area contributed by atoms with Crippen molar-refractivity contribution in [1.29, 1.82) is 0 Å². The first kappa shape index (κ1) is 18.0. The highest BCUT2D eigenvalue weighted by Gasteiger charge is 2.29.